The minimum absolute atomic E-state index is 0. The van der Waals surface area contributed by atoms with Crippen molar-refractivity contribution in [2.75, 3.05) is 0 Å². The Morgan fingerprint density at radius 1 is 1.08 bits per heavy atom. The summed E-state index contributed by atoms with van der Waals surface area (Å²) in [5, 5.41) is 0. The van der Waals surface area contributed by atoms with Crippen LogP contribution in [0.15, 0.2) is 0 Å². The molecule has 0 heterocycles. The molecule has 0 rings (SSSR count). The fraction of sp³-hybridized carbons (Fsp3) is 0.818. The summed E-state index contributed by atoms with van der Waals surface area (Å²) in [6.45, 7) is 6.38. The van der Waals surface area contributed by atoms with Gasteiger partial charge in [-0.3, -0.25) is 0 Å². The molecule has 0 aliphatic carbocycles. The van der Waals surface area contributed by atoms with E-state index in [1.54, 1.807) is 0 Å². The zero-order valence-electron chi connectivity index (χ0n) is 9.02. The van der Waals surface area contributed by atoms with Gasteiger partial charge in [0.2, 0.25) is 0 Å². The van der Waals surface area contributed by atoms with Gasteiger partial charge in [0.15, 0.2) is 0 Å². The highest BCUT2D eigenvalue weighted by Crippen LogP contribution is 2.15. The molecule has 0 atom stereocenters. The Balaban J connectivity index is 0. The summed E-state index contributed by atoms with van der Waals surface area (Å²) in [7, 11) is 0. The predicted molar refractivity (Wildman–Crippen MR) is 62.0 cm³/mol. The Morgan fingerprint density at radius 2 is 1.54 bits per heavy atom. The second kappa shape index (κ2) is 8.41. The van der Waals surface area contributed by atoms with Gasteiger partial charge in [0.25, 0.3) is 0 Å². The molecule has 0 saturated heterocycles. The fourth-order valence-electron chi connectivity index (χ4n) is 1.41. The zero-order chi connectivity index (χ0) is 9.45. The van der Waals surface area contributed by atoms with E-state index < -0.39 is 0 Å². The molecule has 2 N–H and O–H groups in total. The molecule has 0 saturated carbocycles. The van der Waals surface area contributed by atoms with Crippen molar-refractivity contribution < 1.29 is 0 Å². The highest BCUT2D eigenvalue weighted by molar-refractivity contribution is 5.85. The van der Waals surface area contributed by atoms with Crippen molar-refractivity contribution in [1.82, 2.24) is 0 Å². The summed E-state index contributed by atoms with van der Waals surface area (Å²) in [5.41, 5.74) is 5.92. The maximum atomic E-state index is 6.13. The third-order valence-electron chi connectivity index (χ3n) is 1.91. The number of hydrogen-bond acceptors (Lipinski definition) is 1. The van der Waals surface area contributed by atoms with Gasteiger partial charge < -0.3 is 5.73 Å². The molecule has 0 aliphatic rings. The van der Waals surface area contributed by atoms with Crippen LogP contribution in [-0.2, 0) is 0 Å². The minimum Gasteiger partial charge on any atom is -0.315 e. The average Bonchev–Trinajstić information content (AvgIpc) is 2.02. The van der Waals surface area contributed by atoms with Gasteiger partial charge in [-0.1, -0.05) is 39.5 Å². The Labute approximate surface area is 88.9 Å². The van der Waals surface area contributed by atoms with Crippen molar-refractivity contribution in [3.63, 3.8) is 0 Å². The predicted octanol–water partition coefficient (Wildman–Crippen LogP) is 3.12. The molecule has 0 spiro atoms. The monoisotopic (exact) mass is 203 g/mol. The Kier molecular flexibility index (Phi) is 9.89. The molecule has 0 radical (unpaired) electrons. The molecule has 0 amide bonds. The molecule has 0 aromatic heterocycles. The molecule has 0 unspecified atom stereocenters. The molecule has 13 heavy (non-hydrogen) atoms. The van der Waals surface area contributed by atoms with Crippen LogP contribution in [0.25, 0.3) is 0 Å². The molecular weight excluding hydrogens is 182 g/mol. The van der Waals surface area contributed by atoms with Gasteiger partial charge in [0.1, 0.15) is 0 Å². The molecule has 0 aromatic carbocycles. The zero-order valence-corrected chi connectivity index (χ0v) is 9.84. The van der Waals surface area contributed by atoms with E-state index in [0.29, 0.717) is 0 Å². The van der Waals surface area contributed by atoms with Crippen molar-refractivity contribution in [3.8, 4) is 11.8 Å². The second-order valence-electron chi connectivity index (χ2n) is 3.31. The number of halogens is 1. The van der Waals surface area contributed by atoms with E-state index in [1.165, 1.54) is 0 Å². The summed E-state index contributed by atoms with van der Waals surface area (Å²) in [6.07, 6.45) is 5.19. The summed E-state index contributed by atoms with van der Waals surface area (Å²) >= 11 is 0. The normalized spacial score (nSPS) is 9.85. The van der Waals surface area contributed by atoms with Crippen LogP contribution in [0.2, 0.25) is 0 Å². The Bertz CT molecular complexity index is 161. The van der Waals surface area contributed by atoms with E-state index in [4.69, 9.17) is 5.73 Å². The average molecular weight is 204 g/mol. The standard InChI is InChI=1S/C11H21N.ClH/c1-4-7-10-11(12,8-5-2)9-6-3;/h4-6,8-9,12H2,1-3H3;1H. The van der Waals surface area contributed by atoms with E-state index >= 15 is 0 Å². The quantitative estimate of drug-likeness (QED) is 0.699. The SMILES string of the molecule is CCC#CC(N)(CCC)CCC.Cl. The van der Waals surface area contributed by atoms with Crippen molar-refractivity contribution in [2.45, 2.75) is 58.4 Å². The maximum Gasteiger partial charge on any atom is 0.0775 e. The van der Waals surface area contributed by atoms with Crippen molar-refractivity contribution in [2.24, 2.45) is 5.73 Å². The summed E-state index contributed by atoms with van der Waals surface area (Å²) in [6, 6.07) is 0. The summed E-state index contributed by atoms with van der Waals surface area (Å²) in [5.74, 6) is 6.26. The van der Waals surface area contributed by atoms with Crippen LogP contribution in [0.3, 0.4) is 0 Å². The minimum atomic E-state index is -0.209. The van der Waals surface area contributed by atoms with E-state index in [9.17, 15) is 0 Å². The van der Waals surface area contributed by atoms with Crippen LogP contribution < -0.4 is 5.73 Å². The lowest BCUT2D eigenvalue weighted by Crippen LogP contribution is -2.37. The number of nitrogens with two attached hydrogens (primary N) is 1. The van der Waals surface area contributed by atoms with Gasteiger partial charge in [0.05, 0.1) is 5.54 Å². The molecule has 0 bridgehead atoms. The van der Waals surface area contributed by atoms with Crippen LogP contribution >= 0.6 is 12.4 Å². The lowest BCUT2D eigenvalue weighted by atomic mass is 9.90. The first-order valence-corrected chi connectivity index (χ1v) is 4.97. The van der Waals surface area contributed by atoms with Gasteiger partial charge in [-0.05, 0) is 12.8 Å². The molecule has 0 aliphatic heterocycles. The fourth-order valence-corrected chi connectivity index (χ4v) is 1.41. The first-order chi connectivity index (χ1) is 5.68. The van der Waals surface area contributed by atoms with Gasteiger partial charge in [-0.25, -0.2) is 0 Å². The Morgan fingerprint density at radius 3 is 1.85 bits per heavy atom. The topological polar surface area (TPSA) is 26.0 Å². The van der Waals surface area contributed by atoms with Crippen LogP contribution in [0.4, 0.5) is 0 Å². The van der Waals surface area contributed by atoms with Gasteiger partial charge in [-0.15, -0.1) is 18.3 Å². The number of hydrogen-bond donors (Lipinski definition) is 1. The lowest BCUT2D eigenvalue weighted by molar-refractivity contribution is 0.456. The smallest absolute Gasteiger partial charge is 0.0775 e. The largest absolute Gasteiger partial charge is 0.315 e. The first-order valence-electron chi connectivity index (χ1n) is 4.97. The number of rotatable bonds is 4. The third kappa shape index (κ3) is 6.93. The van der Waals surface area contributed by atoms with Gasteiger partial charge >= 0.3 is 0 Å². The lowest BCUT2D eigenvalue weighted by Gasteiger charge is -2.22. The second-order valence-corrected chi connectivity index (χ2v) is 3.31. The van der Waals surface area contributed by atoms with Crippen LogP contribution in [0.1, 0.15) is 52.9 Å². The van der Waals surface area contributed by atoms with Crippen LogP contribution in [0, 0.1) is 11.8 Å². The maximum absolute atomic E-state index is 6.13. The van der Waals surface area contributed by atoms with Crippen LogP contribution in [-0.4, -0.2) is 5.54 Å². The van der Waals surface area contributed by atoms with E-state index in [2.05, 4.69) is 32.6 Å². The molecular formula is C11H22ClN. The van der Waals surface area contributed by atoms with Gasteiger partial charge in [-0.2, -0.15) is 0 Å². The van der Waals surface area contributed by atoms with E-state index in [-0.39, 0.29) is 17.9 Å². The van der Waals surface area contributed by atoms with Crippen molar-refractivity contribution in [3.05, 3.63) is 0 Å². The molecule has 2 heteroatoms. The highest BCUT2D eigenvalue weighted by Gasteiger charge is 2.18. The van der Waals surface area contributed by atoms with Gasteiger partial charge in [0, 0.05) is 6.42 Å². The van der Waals surface area contributed by atoms with Crippen molar-refractivity contribution in [1.29, 1.82) is 0 Å². The highest BCUT2D eigenvalue weighted by atomic mass is 35.5. The first kappa shape index (κ1) is 15.3. The summed E-state index contributed by atoms with van der Waals surface area (Å²) in [4.78, 5) is 0. The molecule has 0 aromatic rings. The molecule has 1 nitrogen and oxygen atoms in total. The molecule has 0 fully saturated rings. The van der Waals surface area contributed by atoms with Crippen LogP contribution in [0.5, 0.6) is 0 Å². The Hall–Kier alpha value is -0.190. The van der Waals surface area contributed by atoms with Crippen molar-refractivity contribution >= 4 is 12.4 Å². The third-order valence-corrected chi connectivity index (χ3v) is 1.91. The molecule has 78 valence electrons. The summed E-state index contributed by atoms with van der Waals surface area (Å²) < 4.78 is 0. The van der Waals surface area contributed by atoms with E-state index in [0.717, 1.165) is 32.1 Å². The van der Waals surface area contributed by atoms with E-state index in [1.807, 2.05) is 0 Å².